The van der Waals surface area contributed by atoms with Crippen LogP contribution in [0, 0.1) is 0 Å². The Morgan fingerprint density at radius 1 is 1.59 bits per heavy atom. The van der Waals surface area contributed by atoms with Crippen LogP contribution in [0.2, 0.25) is 0 Å². The van der Waals surface area contributed by atoms with Gasteiger partial charge in [-0.1, -0.05) is 43.4 Å². The Morgan fingerprint density at radius 3 is 2.95 bits per heavy atom. The number of amides is 1. The van der Waals surface area contributed by atoms with Crippen LogP contribution in [0.3, 0.4) is 0 Å². The number of carbonyl (C=O) groups excluding carboxylic acids is 1. The minimum Gasteiger partial charge on any atom is -0.480 e. The number of carboxylic acids is 1. The fraction of sp³-hybridized carbons (Fsp3) is 0.267. The van der Waals surface area contributed by atoms with Crippen LogP contribution in [0.25, 0.3) is 6.08 Å². The first-order chi connectivity index (χ1) is 10.5. The van der Waals surface area contributed by atoms with Gasteiger partial charge in [0.25, 0.3) is 5.91 Å². The number of aliphatic carboxylic acids is 1. The molecule has 7 heteroatoms. The summed E-state index contributed by atoms with van der Waals surface area (Å²) < 4.78 is 5.43. The van der Waals surface area contributed by atoms with Crippen LogP contribution >= 0.6 is 24.0 Å². The average molecular weight is 337 g/mol. The van der Waals surface area contributed by atoms with Crippen molar-refractivity contribution >= 4 is 46.3 Å². The van der Waals surface area contributed by atoms with Gasteiger partial charge in [-0.2, -0.15) is 0 Å². The molecule has 1 aromatic rings. The molecule has 1 N–H and O–H groups in total. The van der Waals surface area contributed by atoms with E-state index < -0.39 is 12.0 Å². The Labute approximate surface area is 137 Å². The Bertz CT molecular complexity index is 634. The summed E-state index contributed by atoms with van der Waals surface area (Å²) in [5, 5.41) is 9.28. The highest BCUT2D eigenvalue weighted by Gasteiger charge is 2.39. The molecule has 0 aromatic carbocycles. The third-order valence-corrected chi connectivity index (χ3v) is 4.38. The molecule has 2 rings (SSSR count). The molecular weight excluding hydrogens is 322 g/mol. The lowest BCUT2D eigenvalue weighted by Crippen LogP contribution is -2.43. The van der Waals surface area contributed by atoms with Gasteiger partial charge < -0.3 is 9.52 Å². The number of thiocarbonyl (C=S) groups is 1. The van der Waals surface area contributed by atoms with Crippen LogP contribution in [0.4, 0.5) is 0 Å². The lowest BCUT2D eigenvalue weighted by molar-refractivity contribution is -0.145. The molecule has 1 unspecified atom stereocenters. The van der Waals surface area contributed by atoms with Gasteiger partial charge in [-0.3, -0.25) is 9.69 Å². The van der Waals surface area contributed by atoms with E-state index in [0.29, 0.717) is 23.5 Å². The van der Waals surface area contributed by atoms with Gasteiger partial charge in [-0.25, -0.2) is 4.79 Å². The lowest BCUT2D eigenvalue weighted by atomic mass is 10.1. The molecule has 5 nitrogen and oxygen atoms in total. The van der Waals surface area contributed by atoms with Crippen LogP contribution < -0.4 is 0 Å². The highest BCUT2D eigenvalue weighted by Crippen LogP contribution is 2.33. The Morgan fingerprint density at radius 2 is 2.36 bits per heavy atom. The number of carbonyl (C=O) groups is 2. The number of nitrogens with zero attached hydrogens (tertiary/aromatic N) is 1. The molecule has 1 saturated heterocycles. The van der Waals surface area contributed by atoms with Gasteiger partial charge in [0.1, 0.15) is 16.1 Å². The zero-order valence-electron chi connectivity index (χ0n) is 11.9. The van der Waals surface area contributed by atoms with Crippen molar-refractivity contribution in [3.05, 3.63) is 41.2 Å². The summed E-state index contributed by atoms with van der Waals surface area (Å²) in [5.41, 5.74) is 0. The number of furan rings is 1. The molecule has 0 radical (unpaired) electrons. The molecule has 22 heavy (non-hydrogen) atoms. The quantitative estimate of drug-likeness (QED) is 0.634. The van der Waals surface area contributed by atoms with Crippen molar-refractivity contribution in [2.75, 3.05) is 0 Å². The standard InChI is InChI=1S/C15H15NO4S2/c1-2-5-11(14(18)19)16-13(17)12(22-15(16)21)8-3-6-10-7-4-9-20-10/h3-4,6-9,11H,2,5H2,1H3,(H,18,19)/b6-3+,12-8-. The van der Waals surface area contributed by atoms with Gasteiger partial charge in [-0.05, 0) is 30.7 Å². The largest absolute Gasteiger partial charge is 0.480 e. The van der Waals surface area contributed by atoms with Crippen molar-refractivity contribution < 1.29 is 19.1 Å². The van der Waals surface area contributed by atoms with Crippen LogP contribution in [0.15, 0.2) is 39.9 Å². The van der Waals surface area contributed by atoms with E-state index in [0.717, 1.165) is 11.8 Å². The van der Waals surface area contributed by atoms with Gasteiger partial charge in [0.05, 0.1) is 11.2 Å². The zero-order valence-corrected chi connectivity index (χ0v) is 13.5. The van der Waals surface area contributed by atoms with Crippen molar-refractivity contribution in [2.24, 2.45) is 0 Å². The smallest absolute Gasteiger partial charge is 0.326 e. The number of rotatable bonds is 6. The van der Waals surface area contributed by atoms with E-state index >= 15 is 0 Å². The molecule has 1 aliphatic rings. The predicted octanol–water partition coefficient (Wildman–Crippen LogP) is 3.29. The predicted molar refractivity (Wildman–Crippen MR) is 89.2 cm³/mol. The van der Waals surface area contributed by atoms with Gasteiger partial charge in [-0.15, -0.1) is 0 Å². The fourth-order valence-electron chi connectivity index (χ4n) is 2.02. The third-order valence-electron chi connectivity index (χ3n) is 3.03. The second kappa shape index (κ2) is 7.42. The molecule has 2 heterocycles. The van der Waals surface area contributed by atoms with Gasteiger partial charge >= 0.3 is 5.97 Å². The van der Waals surface area contributed by atoms with E-state index in [9.17, 15) is 14.7 Å². The monoisotopic (exact) mass is 337 g/mol. The first kappa shape index (κ1) is 16.5. The number of carboxylic acid groups (broad SMARTS) is 1. The second-order valence-corrected chi connectivity index (χ2v) is 6.27. The average Bonchev–Trinajstić information content (AvgIpc) is 3.06. The number of allylic oxidation sites excluding steroid dienone is 2. The van der Waals surface area contributed by atoms with Crippen LogP contribution in [-0.2, 0) is 9.59 Å². The van der Waals surface area contributed by atoms with E-state index in [4.69, 9.17) is 16.6 Å². The Balaban J connectivity index is 2.15. The summed E-state index contributed by atoms with van der Waals surface area (Å²) in [4.78, 5) is 25.3. The molecule has 0 aliphatic carbocycles. The highest BCUT2D eigenvalue weighted by molar-refractivity contribution is 8.26. The normalized spacial score (nSPS) is 18.6. The number of hydrogen-bond acceptors (Lipinski definition) is 5. The first-order valence-corrected chi connectivity index (χ1v) is 7.97. The van der Waals surface area contributed by atoms with Crippen molar-refractivity contribution in [3.8, 4) is 0 Å². The maximum atomic E-state index is 12.4. The molecule has 0 saturated carbocycles. The van der Waals surface area contributed by atoms with Crippen molar-refractivity contribution in [1.29, 1.82) is 0 Å². The highest BCUT2D eigenvalue weighted by atomic mass is 32.2. The maximum absolute atomic E-state index is 12.4. The van der Waals surface area contributed by atoms with Crippen LogP contribution in [-0.4, -0.2) is 32.2 Å². The maximum Gasteiger partial charge on any atom is 0.326 e. The molecule has 116 valence electrons. The minimum absolute atomic E-state index is 0.281. The molecule has 1 atom stereocenters. The van der Waals surface area contributed by atoms with Gasteiger partial charge in [0, 0.05) is 0 Å². The fourth-order valence-corrected chi connectivity index (χ4v) is 3.32. The molecule has 1 amide bonds. The summed E-state index contributed by atoms with van der Waals surface area (Å²) in [5.74, 6) is -0.730. The molecule has 0 spiro atoms. The topological polar surface area (TPSA) is 70.8 Å². The van der Waals surface area contributed by atoms with Crippen LogP contribution in [0.5, 0.6) is 0 Å². The van der Waals surface area contributed by atoms with Crippen molar-refractivity contribution in [2.45, 2.75) is 25.8 Å². The third kappa shape index (κ3) is 3.66. The molecular formula is C15H15NO4S2. The van der Waals surface area contributed by atoms with E-state index in [-0.39, 0.29) is 10.2 Å². The molecule has 0 bridgehead atoms. The zero-order chi connectivity index (χ0) is 16.1. The van der Waals surface area contributed by atoms with E-state index in [1.54, 1.807) is 36.6 Å². The van der Waals surface area contributed by atoms with E-state index in [1.165, 1.54) is 4.90 Å². The molecule has 1 aromatic heterocycles. The van der Waals surface area contributed by atoms with Crippen LogP contribution in [0.1, 0.15) is 25.5 Å². The lowest BCUT2D eigenvalue weighted by Gasteiger charge is -2.22. The Kier molecular flexibility index (Phi) is 5.57. The second-order valence-electron chi connectivity index (χ2n) is 4.59. The number of thioether (sulfide) groups is 1. The Hall–Kier alpha value is -1.86. The summed E-state index contributed by atoms with van der Waals surface area (Å²) in [6.45, 7) is 1.87. The van der Waals surface area contributed by atoms with E-state index in [1.807, 2.05) is 6.92 Å². The first-order valence-electron chi connectivity index (χ1n) is 6.74. The number of hydrogen-bond donors (Lipinski definition) is 1. The SMILES string of the molecule is CCCC(C(=O)O)N1C(=O)/C(=C/C=C/c2ccco2)SC1=S. The molecule has 1 fully saturated rings. The summed E-state index contributed by atoms with van der Waals surface area (Å²) in [7, 11) is 0. The minimum atomic E-state index is -1.04. The van der Waals surface area contributed by atoms with Crippen molar-refractivity contribution in [1.82, 2.24) is 4.90 Å². The molecule has 1 aliphatic heterocycles. The van der Waals surface area contributed by atoms with E-state index in [2.05, 4.69) is 0 Å². The summed E-state index contributed by atoms with van der Waals surface area (Å²) >= 11 is 6.27. The van der Waals surface area contributed by atoms with Gasteiger partial charge in [0.2, 0.25) is 0 Å². The van der Waals surface area contributed by atoms with Crippen molar-refractivity contribution in [3.63, 3.8) is 0 Å². The summed E-state index contributed by atoms with van der Waals surface area (Å²) in [6.07, 6.45) is 7.60. The van der Waals surface area contributed by atoms with Gasteiger partial charge in [0.15, 0.2) is 0 Å². The summed E-state index contributed by atoms with van der Waals surface area (Å²) in [6, 6.07) is 2.65.